The summed E-state index contributed by atoms with van der Waals surface area (Å²) in [4.78, 5) is 46.0. The number of amides is 3. The second kappa shape index (κ2) is 9.57. The fourth-order valence-electron chi connectivity index (χ4n) is 3.71. The molecule has 12 nitrogen and oxygen atoms in total. The van der Waals surface area contributed by atoms with Gasteiger partial charge in [0.1, 0.15) is 0 Å². The van der Waals surface area contributed by atoms with Crippen LogP contribution in [0.1, 0.15) is 39.1 Å². The molecule has 1 aliphatic heterocycles. The number of hydrogen-bond acceptors (Lipinski definition) is 7. The number of benzene rings is 2. The minimum atomic E-state index is -3.99. The molecule has 2 aromatic carbocycles. The maximum atomic E-state index is 13.1. The number of rotatable bonds is 7. The first-order valence-corrected chi connectivity index (χ1v) is 11.6. The van der Waals surface area contributed by atoms with Crippen LogP contribution in [0, 0.1) is 23.0 Å². The number of sulfonamides is 1. The molecule has 3 amide bonds. The van der Waals surface area contributed by atoms with E-state index in [9.17, 15) is 32.9 Å². The number of nitro benzene ring substituents is 1. The molecule has 0 aromatic heterocycles. The van der Waals surface area contributed by atoms with Crippen LogP contribution in [0.25, 0.3) is 0 Å². The Morgan fingerprint density at radius 2 is 1.59 bits per heavy atom. The number of non-ortho nitro benzene ring substituents is 1. The van der Waals surface area contributed by atoms with E-state index in [0.29, 0.717) is 5.56 Å². The molecule has 5 N–H and O–H groups in total. The number of aryl methyl sites for hydroxylation is 1. The molecule has 1 aliphatic rings. The summed E-state index contributed by atoms with van der Waals surface area (Å²) in [7, 11) is -3.99. The Morgan fingerprint density at radius 3 is 2.09 bits per heavy atom. The summed E-state index contributed by atoms with van der Waals surface area (Å²) >= 11 is 0. The molecule has 0 aliphatic carbocycles. The zero-order valence-corrected chi connectivity index (χ0v) is 19.0. The van der Waals surface area contributed by atoms with E-state index in [4.69, 9.17) is 11.5 Å². The summed E-state index contributed by atoms with van der Waals surface area (Å²) in [5.74, 6) is -2.55. The average molecular weight is 490 g/mol. The second-order valence-electron chi connectivity index (χ2n) is 7.90. The first-order chi connectivity index (χ1) is 15.9. The summed E-state index contributed by atoms with van der Waals surface area (Å²) in [6, 6.07) is 7.51. The lowest BCUT2D eigenvalue weighted by Crippen LogP contribution is -2.41. The quantitative estimate of drug-likeness (QED) is 0.383. The molecule has 0 bridgehead atoms. The molecule has 0 unspecified atom stereocenters. The number of primary amides is 2. The van der Waals surface area contributed by atoms with Crippen molar-refractivity contribution in [1.82, 2.24) is 4.31 Å². The van der Waals surface area contributed by atoms with Gasteiger partial charge in [-0.05, 0) is 43.5 Å². The lowest BCUT2D eigenvalue weighted by atomic mass is 9.97. The van der Waals surface area contributed by atoms with E-state index >= 15 is 0 Å². The van der Waals surface area contributed by atoms with Gasteiger partial charge in [-0.1, -0.05) is 6.07 Å². The number of carbonyl (C=O) groups is 3. The summed E-state index contributed by atoms with van der Waals surface area (Å²) in [6.45, 7) is 1.63. The highest BCUT2D eigenvalue weighted by molar-refractivity contribution is 7.89. The van der Waals surface area contributed by atoms with Crippen LogP contribution in [0.5, 0.6) is 0 Å². The SMILES string of the molecule is Cc1ccc([N+](=O)[O-])cc1S(=O)(=O)N1CCC(C(=O)Nc2cc(C(N)=O)cc(C(N)=O)c2)CC1. The van der Waals surface area contributed by atoms with Crippen LogP contribution in [0.3, 0.4) is 0 Å². The first-order valence-electron chi connectivity index (χ1n) is 10.2. The molecular formula is C21H23N5O7S. The van der Waals surface area contributed by atoms with E-state index in [2.05, 4.69) is 5.32 Å². The Bertz CT molecular complexity index is 1250. The Hall–Kier alpha value is -3.84. The van der Waals surface area contributed by atoms with Crippen molar-refractivity contribution >= 4 is 39.1 Å². The van der Waals surface area contributed by atoms with Crippen molar-refractivity contribution in [2.24, 2.45) is 17.4 Å². The highest BCUT2D eigenvalue weighted by Gasteiger charge is 2.33. The van der Waals surface area contributed by atoms with Gasteiger partial charge in [-0.2, -0.15) is 4.31 Å². The van der Waals surface area contributed by atoms with Gasteiger partial charge in [-0.3, -0.25) is 24.5 Å². The Kier molecular flexibility index (Phi) is 6.98. The van der Waals surface area contributed by atoms with Crippen LogP contribution in [-0.2, 0) is 14.8 Å². The highest BCUT2D eigenvalue weighted by Crippen LogP contribution is 2.29. The number of carbonyl (C=O) groups excluding carboxylic acids is 3. The summed E-state index contributed by atoms with van der Waals surface area (Å²) in [6.07, 6.45) is 0.411. The van der Waals surface area contributed by atoms with Crippen LogP contribution in [-0.4, -0.2) is 48.5 Å². The third-order valence-corrected chi connectivity index (χ3v) is 7.64. The third kappa shape index (κ3) is 5.21. The van der Waals surface area contributed by atoms with E-state index < -0.39 is 38.6 Å². The monoisotopic (exact) mass is 489 g/mol. The van der Waals surface area contributed by atoms with Gasteiger partial charge in [0.2, 0.25) is 27.7 Å². The molecular weight excluding hydrogens is 466 g/mol. The average Bonchev–Trinajstić information content (AvgIpc) is 2.78. The number of nitrogens with two attached hydrogens (primary N) is 2. The zero-order chi connectivity index (χ0) is 25.2. The molecule has 34 heavy (non-hydrogen) atoms. The molecule has 3 rings (SSSR count). The van der Waals surface area contributed by atoms with E-state index in [1.165, 1.54) is 34.6 Å². The fraction of sp³-hybridized carbons (Fsp3) is 0.286. The van der Waals surface area contributed by atoms with Crippen LogP contribution < -0.4 is 16.8 Å². The van der Waals surface area contributed by atoms with Crippen molar-refractivity contribution in [3.05, 3.63) is 63.2 Å². The van der Waals surface area contributed by atoms with Gasteiger partial charge in [0.25, 0.3) is 5.69 Å². The molecule has 0 saturated carbocycles. The molecule has 0 spiro atoms. The topological polar surface area (TPSA) is 196 Å². The van der Waals surface area contributed by atoms with Gasteiger partial charge < -0.3 is 16.8 Å². The van der Waals surface area contributed by atoms with Crippen LogP contribution in [0.2, 0.25) is 0 Å². The van der Waals surface area contributed by atoms with E-state index in [1.54, 1.807) is 6.92 Å². The Labute approximate surface area is 195 Å². The van der Waals surface area contributed by atoms with Crippen LogP contribution in [0.4, 0.5) is 11.4 Å². The number of nitro groups is 1. The minimum absolute atomic E-state index is 0.000151. The molecule has 180 valence electrons. The lowest BCUT2D eigenvalue weighted by molar-refractivity contribution is -0.385. The highest BCUT2D eigenvalue weighted by atomic mass is 32.2. The number of nitrogens with one attached hydrogen (secondary N) is 1. The number of anilines is 1. The Morgan fingerprint density at radius 1 is 1.03 bits per heavy atom. The summed E-state index contributed by atoms with van der Waals surface area (Å²) in [5, 5.41) is 13.7. The number of nitrogens with zero attached hydrogens (tertiary/aromatic N) is 2. The van der Waals surface area contributed by atoms with Crippen molar-refractivity contribution in [3.8, 4) is 0 Å². The predicted molar refractivity (Wildman–Crippen MR) is 121 cm³/mol. The molecule has 2 aromatic rings. The number of hydrogen-bond donors (Lipinski definition) is 3. The van der Waals surface area contributed by atoms with E-state index in [0.717, 1.165) is 6.07 Å². The Balaban J connectivity index is 1.72. The minimum Gasteiger partial charge on any atom is -0.366 e. The third-order valence-electron chi connectivity index (χ3n) is 5.59. The molecule has 1 fully saturated rings. The van der Waals surface area contributed by atoms with Crippen molar-refractivity contribution in [1.29, 1.82) is 0 Å². The first kappa shape index (κ1) is 24.8. The van der Waals surface area contributed by atoms with Crippen molar-refractivity contribution in [2.45, 2.75) is 24.7 Å². The van der Waals surface area contributed by atoms with Gasteiger partial charge in [0, 0.05) is 48.0 Å². The summed E-state index contributed by atoms with van der Waals surface area (Å²) in [5.41, 5.74) is 10.7. The maximum Gasteiger partial charge on any atom is 0.270 e. The molecule has 1 heterocycles. The van der Waals surface area contributed by atoms with Crippen molar-refractivity contribution in [3.63, 3.8) is 0 Å². The standard InChI is InChI=1S/C21H23N5O7S/c1-12-2-3-17(26(30)31)11-18(12)34(32,33)25-6-4-13(5-7-25)21(29)24-16-9-14(19(22)27)8-15(10-16)20(23)28/h2-3,8-11,13H,4-7H2,1H3,(H2,22,27)(H2,23,28)(H,24,29). The largest absolute Gasteiger partial charge is 0.366 e. The lowest BCUT2D eigenvalue weighted by Gasteiger charge is -2.31. The second-order valence-corrected chi connectivity index (χ2v) is 9.81. The normalized spacial score (nSPS) is 15.0. The maximum absolute atomic E-state index is 13.1. The zero-order valence-electron chi connectivity index (χ0n) is 18.2. The molecule has 0 radical (unpaired) electrons. The molecule has 1 saturated heterocycles. The van der Waals surface area contributed by atoms with Crippen LogP contribution >= 0.6 is 0 Å². The van der Waals surface area contributed by atoms with Gasteiger partial charge in [-0.15, -0.1) is 0 Å². The summed E-state index contributed by atoms with van der Waals surface area (Å²) < 4.78 is 27.3. The van der Waals surface area contributed by atoms with Crippen molar-refractivity contribution in [2.75, 3.05) is 18.4 Å². The molecule has 0 atom stereocenters. The van der Waals surface area contributed by atoms with E-state index in [-0.39, 0.29) is 53.3 Å². The van der Waals surface area contributed by atoms with Gasteiger partial charge >= 0.3 is 0 Å². The van der Waals surface area contributed by atoms with E-state index in [1.807, 2.05) is 0 Å². The van der Waals surface area contributed by atoms with Gasteiger partial charge in [0.15, 0.2) is 0 Å². The smallest absolute Gasteiger partial charge is 0.270 e. The van der Waals surface area contributed by atoms with Crippen LogP contribution in [0.15, 0.2) is 41.3 Å². The van der Waals surface area contributed by atoms with Crippen molar-refractivity contribution < 1.29 is 27.7 Å². The fourth-order valence-corrected chi connectivity index (χ4v) is 5.42. The van der Waals surface area contributed by atoms with Gasteiger partial charge in [0.05, 0.1) is 9.82 Å². The predicted octanol–water partition coefficient (Wildman–Crippen LogP) is 1.14. The van der Waals surface area contributed by atoms with Gasteiger partial charge in [-0.25, -0.2) is 8.42 Å². The number of piperidine rings is 1. The molecule has 13 heteroatoms.